The Bertz CT molecular complexity index is 563. The highest BCUT2D eigenvalue weighted by Crippen LogP contribution is 2.23. The topological polar surface area (TPSA) is 42.4 Å². The Hall–Kier alpha value is -1.81. The molecule has 2 N–H and O–H groups in total. The molecule has 3 nitrogen and oxygen atoms in total. The van der Waals surface area contributed by atoms with Crippen LogP contribution in [0.25, 0.3) is 0 Å². The predicted molar refractivity (Wildman–Crippen MR) is 74.6 cm³/mol. The van der Waals surface area contributed by atoms with Crippen LogP contribution in [-0.2, 0) is 6.54 Å². The number of halogens is 1. The van der Waals surface area contributed by atoms with Gasteiger partial charge in [-0.05, 0) is 43.7 Å². The van der Waals surface area contributed by atoms with Gasteiger partial charge in [0.1, 0.15) is 17.3 Å². The number of nitrogens with zero attached hydrogens (tertiary/aromatic N) is 1. The van der Waals surface area contributed by atoms with Crippen molar-refractivity contribution in [3.8, 4) is 0 Å². The summed E-state index contributed by atoms with van der Waals surface area (Å²) in [5.41, 5.74) is 7.07. The summed E-state index contributed by atoms with van der Waals surface area (Å²) in [7, 11) is 1.84. The highest BCUT2D eigenvalue weighted by Gasteiger charge is 2.11. The lowest BCUT2D eigenvalue weighted by Crippen LogP contribution is -2.17. The van der Waals surface area contributed by atoms with E-state index in [2.05, 4.69) is 0 Å². The average Bonchev–Trinajstić information content (AvgIpc) is 2.74. The summed E-state index contributed by atoms with van der Waals surface area (Å²) in [6, 6.07) is 8.74. The number of aryl methyl sites for hydroxylation is 1. The second-order valence-electron chi connectivity index (χ2n) is 4.87. The van der Waals surface area contributed by atoms with Gasteiger partial charge in [0, 0.05) is 13.1 Å². The van der Waals surface area contributed by atoms with Crippen molar-refractivity contribution in [2.75, 3.05) is 11.9 Å². The molecule has 0 saturated carbocycles. The van der Waals surface area contributed by atoms with E-state index in [1.165, 1.54) is 6.07 Å². The molecular formula is C15H19FN2O. The summed E-state index contributed by atoms with van der Waals surface area (Å²) >= 11 is 0. The van der Waals surface area contributed by atoms with Crippen LogP contribution in [0.4, 0.5) is 10.1 Å². The third-order valence-electron chi connectivity index (χ3n) is 3.10. The zero-order valence-electron chi connectivity index (χ0n) is 11.5. The lowest BCUT2D eigenvalue weighted by atomic mass is 10.1. The number of anilines is 1. The van der Waals surface area contributed by atoms with Crippen LogP contribution < -0.4 is 10.6 Å². The van der Waals surface area contributed by atoms with E-state index < -0.39 is 0 Å². The molecule has 0 aliphatic heterocycles. The van der Waals surface area contributed by atoms with Crippen molar-refractivity contribution >= 4 is 5.69 Å². The van der Waals surface area contributed by atoms with E-state index in [4.69, 9.17) is 10.2 Å². The van der Waals surface area contributed by atoms with Gasteiger partial charge in [0.15, 0.2) is 0 Å². The molecule has 102 valence electrons. The Labute approximate surface area is 112 Å². The summed E-state index contributed by atoms with van der Waals surface area (Å²) in [6.07, 6.45) is 0. The molecule has 1 atom stereocenters. The molecule has 2 aromatic rings. The highest BCUT2D eigenvalue weighted by molar-refractivity contribution is 5.49. The van der Waals surface area contributed by atoms with Gasteiger partial charge in [0.2, 0.25) is 0 Å². The van der Waals surface area contributed by atoms with Crippen molar-refractivity contribution in [2.24, 2.45) is 5.73 Å². The molecule has 2 rings (SSSR count). The van der Waals surface area contributed by atoms with Crippen LogP contribution in [0, 0.1) is 12.7 Å². The van der Waals surface area contributed by atoms with E-state index in [1.807, 2.05) is 44.0 Å². The second-order valence-corrected chi connectivity index (χ2v) is 4.87. The fourth-order valence-electron chi connectivity index (χ4n) is 2.00. The van der Waals surface area contributed by atoms with Gasteiger partial charge in [-0.25, -0.2) is 4.39 Å². The molecule has 0 saturated heterocycles. The van der Waals surface area contributed by atoms with Crippen molar-refractivity contribution in [3.05, 3.63) is 53.2 Å². The van der Waals surface area contributed by atoms with Crippen LogP contribution in [0.2, 0.25) is 0 Å². The lowest BCUT2D eigenvalue weighted by Gasteiger charge is -2.19. The van der Waals surface area contributed by atoms with Gasteiger partial charge in [-0.15, -0.1) is 0 Å². The Balaban J connectivity index is 2.17. The van der Waals surface area contributed by atoms with E-state index in [-0.39, 0.29) is 11.9 Å². The second kappa shape index (κ2) is 5.45. The molecule has 4 heteroatoms. The minimum Gasteiger partial charge on any atom is -0.464 e. The van der Waals surface area contributed by atoms with Gasteiger partial charge in [0.05, 0.1) is 12.2 Å². The summed E-state index contributed by atoms with van der Waals surface area (Å²) in [5, 5.41) is 0. The molecule has 0 fully saturated rings. The fraction of sp³-hybridized carbons (Fsp3) is 0.333. The zero-order valence-corrected chi connectivity index (χ0v) is 11.5. The number of hydrogen-bond donors (Lipinski definition) is 1. The number of benzene rings is 1. The molecule has 0 aliphatic rings. The maximum absolute atomic E-state index is 14.0. The third kappa shape index (κ3) is 3.15. The van der Waals surface area contributed by atoms with Crippen LogP contribution >= 0.6 is 0 Å². The first-order valence-electron chi connectivity index (χ1n) is 6.29. The normalized spacial score (nSPS) is 12.5. The van der Waals surface area contributed by atoms with Crippen LogP contribution in [0.5, 0.6) is 0 Å². The number of hydrogen-bond acceptors (Lipinski definition) is 3. The van der Waals surface area contributed by atoms with Gasteiger partial charge in [-0.1, -0.05) is 6.07 Å². The molecule has 0 aliphatic carbocycles. The summed E-state index contributed by atoms with van der Waals surface area (Å²) in [4.78, 5) is 1.82. The standard InChI is InChI=1S/C15H19FN2O/c1-10-4-6-13(19-10)9-18(3)15-7-5-12(11(2)17)8-14(15)16/h4-8,11H,9,17H2,1-3H3/t11-/m1/s1. The van der Waals surface area contributed by atoms with Gasteiger partial charge >= 0.3 is 0 Å². The van der Waals surface area contributed by atoms with Crippen LogP contribution in [0.15, 0.2) is 34.7 Å². The Morgan fingerprint density at radius 1 is 1.32 bits per heavy atom. The van der Waals surface area contributed by atoms with Gasteiger partial charge in [-0.3, -0.25) is 0 Å². The summed E-state index contributed by atoms with van der Waals surface area (Å²) in [6.45, 7) is 4.26. The maximum Gasteiger partial charge on any atom is 0.146 e. The van der Waals surface area contributed by atoms with Gasteiger partial charge < -0.3 is 15.1 Å². The van der Waals surface area contributed by atoms with Gasteiger partial charge in [-0.2, -0.15) is 0 Å². The predicted octanol–water partition coefficient (Wildman–Crippen LogP) is 3.38. The first kappa shape index (κ1) is 13.6. The monoisotopic (exact) mass is 262 g/mol. The largest absolute Gasteiger partial charge is 0.464 e. The lowest BCUT2D eigenvalue weighted by molar-refractivity contribution is 0.480. The smallest absolute Gasteiger partial charge is 0.146 e. The minimum atomic E-state index is -0.263. The average molecular weight is 262 g/mol. The van der Waals surface area contributed by atoms with E-state index in [9.17, 15) is 4.39 Å². The molecule has 0 radical (unpaired) electrons. The third-order valence-corrected chi connectivity index (χ3v) is 3.10. The van der Waals surface area contributed by atoms with E-state index in [0.717, 1.165) is 17.1 Å². The molecule has 0 spiro atoms. The molecule has 0 unspecified atom stereocenters. The first-order chi connectivity index (χ1) is 8.97. The number of furan rings is 1. The zero-order chi connectivity index (χ0) is 14.0. The Morgan fingerprint density at radius 3 is 2.58 bits per heavy atom. The van der Waals surface area contributed by atoms with E-state index in [1.54, 1.807) is 6.07 Å². The molecule has 1 aromatic carbocycles. The molecular weight excluding hydrogens is 243 g/mol. The summed E-state index contributed by atoms with van der Waals surface area (Å²) < 4.78 is 19.5. The van der Waals surface area contributed by atoms with Crippen LogP contribution in [0.3, 0.4) is 0 Å². The maximum atomic E-state index is 14.0. The Morgan fingerprint density at radius 2 is 2.05 bits per heavy atom. The van der Waals surface area contributed by atoms with E-state index in [0.29, 0.717) is 12.2 Å². The summed E-state index contributed by atoms with van der Waals surface area (Å²) in [5.74, 6) is 1.41. The van der Waals surface area contributed by atoms with Crippen molar-refractivity contribution in [1.29, 1.82) is 0 Å². The SMILES string of the molecule is Cc1ccc(CN(C)c2ccc([C@@H](C)N)cc2F)o1. The fourth-order valence-corrected chi connectivity index (χ4v) is 2.00. The van der Waals surface area contributed by atoms with Crippen LogP contribution in [0.1, 0.15) is 30.0 Å². The number of rotatable bonds is 4. The molecule has 19 heavy (non-hydrogen) atoms. The minimum absolute atomic E-state index is 0.165. The van der Waals surface area contributed by atoms with Crippen molar-refractivity contribution < 1.29 is 8.81 Å². The molecule has 0 amide bonds. The first-order valence-corrected chi connectivity index (χ1v) is 6.29. The molecule has 0 bridgehead atoms. The quantitative estimate of drug-likeness (QED) is 0.918. The molecule has 1 heterocycles. The molecule has 1 aromatic heterocycles. The van der Waals surface area contributed by atoms with Gasteiger partial charge in [0.25, 0.3) is 0 Å². The number of nitrogens with two attached hydrogens (primary N) is 1. The Kier molecular flexibility index (Phi) is 3.90. The van der Waals surface area contributed by atoms with Crippen molar-refractivity contribution in [3.63, 3.8) is 0 Å². The highest BCUT2D eigenvalue weighted by atomic mass is 19.1. The van der Waals surface area contributed by atoms with Crippen molar-refractivity contribution in [2.45, 2.75) is 26.4 Å². The van der Waals surface area contributed by atoms with E-state index >= 15 is 0 Å². The van der Waals surface area contributed by atoms with Crippen molar-refractivity contribution in [1.82, 2.24) is 0 Å². The van der Waals surface area contributed by atoms with Crippen LogP contribution in [-0.4, -0.2) is 7.05 Å².